The zero-order valence-electron chi connectivity index (χ0n) is 8.34. The summed E-state index contributed by atoms with van der Waals surface area (Å²) in [5.41, 5.74) is 0. The Labute approximate surface area is 98.8 Å². The van der Waals surface area contributed by atoms with Crippen molar-refractivity contribution < 1.29 is 19.1 Å². The van der Waals surface area contributed by atoms with Gasteiger partial charge in [-0.1, -0.05) is 0 Å². The molecule has 0 aromatic carbocycles. The molecular weight excluding hydrogens is 243 g/mol. The minimum Gasteiger partial charge on any atom is -0.428 e. The smallest absolute Gasteiger partial charge is 0.308 e. The number of hydrogen-bond donors (Lipinski definition) is 0. The van der Waals surface area contributed by atoms with Gasteiger partial charge in [0.2, 0.25) is 6.79 Å². The van der Waals surface area contributed by atoms with Gasteiger partial charge in [-0.25, -0.2) is 0 Å². The molecule has 0 aliphatic carbocycles. The first-order valence-electron chi connectivity index (χ1n) is 4.64. The van der Waals surface area contributed by atoms with E-state index in [-0.39, 0.29) is 19.6 Å². The number of rotatable bonds is 8. The molecule has 0 aliphatic heterocycles. The van der Waals surface area contributed by atoms with Crippen molar-refractivity contribution in [1.82, 2.24) is 0 Å². The highest BCUT2D eigenvalue weighted by Gasteiger charge is 2.05. The normalized spacial score (nSPS) is 9.73. The van der Waals surface area contributed by atoms with Gasteiger partial charge in [0, 0.05) is 24.6 Å². The molecule has 0 aromatic rings. The van der Waals surface area contributed by atoms with Gasteiger partial charge in [0.15, 0.2) is 0 Å². The lowest BCUT2D eigenvalue weighted by molar-refractivity contribution is -0.167. The highest BCUT2D eigenvalue weighted by Crippen LogP contribution is 1.97. The van der Waals surface area contributed by atoms with Gasteiger partial charge in [-0.15, -0.1) is 23.2 Å². The lowest BCUT2D eigenvalue weighted by Gasteiger charge is -2.05. The Bertz CT molecular complexity index is 177. The van der Waals surface area contributed by atoms with Crippen molar-refractivity contribution in [2.45, 2.75) is 25.7 Å². The molecule has 0 saturated carbocycles. The fourth-order valence-corrected chi connectivity index (χ4v) is 0.995. The van der Waals surface area contributed by atoms with E-state index < -0.39 is 11.9 Å². The predicted molar refractivity (Wildman–Crippen MR) is 57.0 cm³/mol. The summed E-state index contributed by atoms with van der Waals surface area (Å²) in [5, 5.41) is 0. The first kappa shape index (κ1) is 14.5. The number of ether oxygens (including phenoxy) is 2. The van der Waals surface area contributed by atoms with Gasteiger partial charge in [0.1, 0.15) is 0 Å². The Morgan fingerprint density at radius 2 is 1.27 bits per heavy atom. The van der Waals surface area contributed by atoms with E-state index in [1.54, 1.807) is 0 Å². The van der Waals surface area contributed by atoms with Crippen LogP contribution in [0.25, 0.3) is 0 Å². The van der Waals surface area contributed by atoms with Crippen LogP contribution in [0.2, 0.25) is 0 Å². The van der Waals surface area contributed by atoms with Crippen LogP contribution in [0.1, 0.15) is 25.7 Å². The zero-order chi connectivity index (χ0) is 11.5. The number of alkyl halides is 2. The summed E-state index contributed by atoms with van der Waals surface area (Å²) < 4.78 is 9.24. The van der Waals surface area contributed by atoms with E-state index in [9.17, 15) is 9.59 Å². The van der Waals surface area contributed by atoms with Crippen LogP contribution < -0.4 is 0 Å². The van der Waals surface area contributed by atoms with Gasteiger partial charge < -0.3 is 9.47 Å². The van der Waals surface area contributed by atoms with Crippen molar-refractivity contribution in [1.29, 1.82) is 0 Å². The van der Waals surface area contributed by atoms with Crippen LogP contribution in [0.15, 0.2) is 0 Å². The van der Waals surface area contributed by atoms with Crippen LogP contribution in [-0.4, -0.2) is 30.5 Å². The number of halogens is 2. The molecule has 6 heteroatoms. The lowest BCUT2D eigenvalue weighted by atomic mass is 10.3. The topological polar surface area (TPSA) is 52.6 Å². The van der Waals surface area contributed by atoms with E-state index in [0.717, 1.165) is 0 Å². The predicted octanol–water partition coefficient (Wildman–Crippen LogP) is 2.07. The summed E-state index contributed by atoms with van der Waals surface area (Å²) in [6, 6.07) is 0. The fraction of sp³-hybridized carbons (Fsp3) is 0.778. The molecule has 0 unspecified atom stereocenters. The lowest BCUT2D eigenvalue weighted by Crippen LogP contribution is -2.12. The summed E-state index contributed by atoms with van der Waals surface area (Å²) >= 11 is 10.8. The molecule has 0 spiro atoms. The molecule has 4 nitrogen and oxygen atoms in total. The van der Waals surface area contributed by atoms with E-state index in [1.807, 2.05) is 0 Å². The minimum atomic E-state index is -0.416. The Morgan fingerprint density at radius 1 is 0.867 bits per heavy atom. The van der Waals surface area contributed by atoms with Crippen molar-refractivity contribution >= 4 is 35.1 Å². The molecule has 0 aliphatic rings. The largest absolute Gasteiger partial charge is 0.428 e. The van der Waals surface area contributed by atoms with Crippen LogP contribution in [-0.2, 0) is 19.1 Å². The zero-order valence-corrected chi connectivity index (χ0v) is 9.85. The van der Waals surface area contributed by atoms with Gasteiger partial charge >= 0.3 is 11.9 Å². The Kier molecular flexibility index (Phi) is 9.73. The first-order chi connectivity index (χ1) is 7.20. The van der Waals surface area contributed by atoms with Gasteiger partial charge in [-0.2, -0.15) is 0 Å². The summed E-state index contributed by atoms with van der Waals surface area (Å²) in [5.74, 6) is -0.0172. The third kappa shape index (κ3) is 9.82. The van der Waals surface area contributed by atoms with E-state index in [4.69, 9.17) is 23.2 Å². The summed E-state index contributed by atoms with van der Waals surface area (Å²) in [7, 11) is 0. The molecule has 0 aromatic heterocycles. The maximum Gasteiger partial charge on any atom is 0.308 e. The van der Waals surface area contributed by atoms with Gasteiger partial charge in [-0.05, 0) is 12.8 Å². The van der Waals surface area contributed by atoms with E-state index in [2.05, 4.69) is 9.47 Å². The van der Waals surface area contributed by atoms with Crippen LogP contribution in [0.3, 0.4) is 0 Å². The highest BCUT2D eigenvalue weighted by atomic mass is 35.5. The second-order valence-corrected chi connectivity index (χ2v) is 3.49. The molecule has 15 heavy (non-hydrogen) atoms. The summed E-state index contributed by atoms with van der Waals surface area (Å²) in [6.45, 7) is -0.331. The molecule has 0 heterocycles. The molecule has 0 radical (unpaired) electrons. The molecule has 0 atom stereocenters. The first-order valence-corrected chi connectivity index (χ1v) is 5.70. The van der Waals surface area contributed by atoms with E-state index in [1.165, 1.54) is 0 Å². The number of carbonyl (C=O) groups excluding carboxylic acids is 2. The number of esters is 2. The molecule has 0 amide bonds. The Balaban J connectivity index is 3.36. The van der Waals surface area contributed by atoms with Crippen LogP contribution >= 0.6 is 23.2 Å². The third-order valence-corrected chi connectivity index (χ3v) is 2.00. The second-order valence-electron chi connectivity index (χ2n) is 2.74. The fourth-order valence-electron chi connectivity index (χ4n) is 0.728. The van der Waals surface area contributed by atoms with Crippen molar-refractivity contribution in [3.8, 4) is 0 Å². The second kappa shape index (κ2) is 10.1. The van der Waals surface area contributed by atoms with Crippen molar-refractivity contribution in [3.05, 3.63) is 0 Å². The monoisotopic (exact) mass is 256 g/mol. The third-order valence-electron chi connectivity index (χ3n) is 1.47. The quantitative estimate of drug-likeness (QED) is 0.379. The Hall–Kier alpha value is -0.480. The number of carbonyl (C=O) groups is 2. The molecule has 0 saturated heterocycles. The van der Waals surface area contributed by atoms with Crippen LogP contribution in [0.4, 0.5) is 0 Å². The average molecular weight is 257 g/mol. The summed E-state index contributed by atoms with van der Waals surface area (Å²) in [4.78, 5) is 21.8. The van der Waals surface area contributed by atoms with Crippen molar-refractivity contribution in [3.63, 3.8) is 0 Å². The standard InChI is InChI=1S/C9H14Cl2O4/c10-5-1-3-8(12)14-7-15-9(13)4-2-6-11/h1-7H2. The highest BCUT2D eigenvalue weighted by molar-refractivity contribution is 6.18. The van der Waals surface area contributed by atoms with Crippen LogP contribution in [0.5, 0.6) is 0 Å². The van der Waals surface area contributed by atoms with E-state index >= 15 is 0 Å². The maximum atomic E-state index is 10.9. The number of hydrogen-bond acceptors (Lipinski definition) is 4. The van der Waals surface area contributed by atoms with E-state index in [0.29, 0.717) is 24.6 Å². The average Bonchev–Trinajstić information content (AvgIpc) is 2.23. The van der Waals surface area contributed by atoms with Crippen LogP contribution in [0, 0.1) is 0 Å². The van der Waals surface area contributed by atoms with Crippen molar-refractivity contribution in [2.75, 3.05) is 18.6 Å². The minimum absolute atomic E-state index is 0.239. The van der Waals surface area contributed by atoms with Crippen molar-refractivity contribution in [2.24, 2.45) is 0 Å². The van der Waals surface area contributed by atoms with Gasteiger partial charge in [0.05, 0.1) is 0 Å². The Morgan fingerprint density at radius 3 is 1.60 bits per heavy atom. The molecule has 0 rings (SSSR count). The SMILES string of the molecule is O=C(CCCCl)OCOC(=O)CCCCl. The molecule has 0 N–H and O–H groups in total. The molecule has 0 fully saturated rings. The summed E-state index contributed by atoms with van der Waals surface area (Å²) in [6.07, 6.45) is 1.59. The van der Waals surface area contributed by atoms with Gasteiger partial charge in [-0.3, -0.25) is 9.59 Å². The maximum absolute atomic E-state index is 10.9. The molecule has 0 bridgehead atoms. The molecular formula is C9H14Cl2O4. The van der Waals surface area contributed by atoms with Gasteiger partial charge in [0.25, 0.3) is 0 Å². The molecule has 88 valence electrons.